The number of hydrogen-bond donors (Lipinski definition) is 1. The summed E-state index contributed by atoms with van der Waals surface area (Å²) in [6, 6.07) is 0. The molecule has 2 N–H and O–H groups in total. The summed E-state index contributed by atoms with van der Waals surface area (Å²) in [5.74, 6) is -0.00808. The van der Waals surface area contributed by atoms with Crippen LogP contribution in [-0.4, -0.2) is 36.2 Å². The number of amides is 1. The first kappa shape index (κ1) is 12.0. The average Bonchev–Trinajstić information content (AvgIpc) is 2.87. The third-order valence-corrected chi connectivity index (χ3v) is 4.15. The highest BCUT2D eigenvalue weighted by Crippen LogP contribution is 2.43. The Morgan fingerprint density at radius 2 is 2.18 bits per heavy atom. The Labute approximate surface area is 104 Å². The van der Waals surface area contributed by atoms with Crippen molar-refractivity contribution < 1.29 is 14.3 Å². The van der Waals surface area contributed by atoms with Crippen molar-refractivity contribution in [2.75, 3.05) is 19.4 Å². The van der Waals surface area contributed by atoms with Crippen molar-refractivity contribution in [2.24, 2.45) is 5.73 Å². The van der Waals surface area contributed by atoms with Gasteiger partial charge in [-0.1, -0.05) is 0 Å². The van der Waals surface area contributed by atoms with Crippen molar-refractivity contribution in [3.63, 3.8) is 0 Å². The third kappa shape index (κ3) is 1.93. The van der Waals surface area contributed by atoms with Crippen molar-refractivity contribution in [1.82, 2.24) is 4.90 Å². The Balaban J connectivity index is 2.35. The molecule has 0 aromatic heterocycles. The molecule has 0 unspecified atom stereocenters. The van der Waals surface area contributed by atoms with Crippen LogP contribution in [0.4, 0.5) is 0 Å². The van der Waals surface area contributed by atoms with Crippen molar-refractivity contribution in [1.29, 1.82) is 0 Å². The van der Waals surface area contributed by atoms with Crippen LogP contribution >= 0.6 is 11.8 Å². The summed E-state index contributed by atoms with van der Waals surface area (Å²) in [4.78, 5) is 24.7. The van der Waals surface area contributed by atoms with E-state index in [4.69, 9.17) is 10.5 Å². The van der Waals surface area contributed by atoms with Crippen molar-refractivity contribution >= 4 is 23.6 Å². The number of carbonyl (C=O) groups excluding carboxylic acids is 2. The molecule has 92 valence electrons. The van der Waals surface area contributed by atoms with Gasteiger partial charge in [0.05, 0.1) is 17.7 Å². The molecular weight excluding hydrogens is 240 g/mol. The summed E-state index contributed by atoms with van der Waals surface area (Å²) in [5, 5.41) is 0.910. The monoisotopic (exact) mass is 254 g/mol. The minimum atomic E-state index is -0.409. The fourth-order valence-corrected chi connectivity index (χ4v) is 3.36. The molecule has 0 atom stereocenters. The number of rotatable bonds is 2. The second-order valence-electron chi connectivity index (χ2n) is 3.90. The zero-order chi connectivity index (χ0) is 12.6. The normalized spacial score (nSPS) is 21.6. The summed E-state index contributed by atoms with van der Waals surface area (Å²) < 4.78 is 4.74. The highest BCUT2D eigenvalue weighted by molar-refractivity contribution is 8.03. The largest absolute Gasteiger partial charge is 0.466 e. The molecule has 0 aromatic carbocycles. The maximum Gasteiger partial charge on any atom is 0.336 e. The van der Waals surface area contributed by atoms with Crippen LogP contribution in [0.1, 0.15) is 13.3 Å². The molecule has 0 spiro atoms. The number of primary amides is 1. The Morgan fingerprint density at radius 3 is 2.76 bits per heavy atom. The minimum Gasteiger partial charge on any atom is -0.466 e. The fourth-order valence-electron chi connectivity index (χ4n) is 2.00. The molecule has 2 aliphatic heterocycles. The number of fused-ring (bicyclic) bond motifs is 1. The molecule has 0 radical (unpaired) electrons. The van der Waals surface area contributed by atoms with Gasteiger partial charge in [-0.2, -0.15) is 0 Å². The summed E-state index contributed by atoms with van der Waals surface area (Å²) in [7, 11) is 1.38. The second-order valence-corrected chi connectivity index (χ2v) is 4.87. The number of carbonyl (C=O) groups is 2. The van der Waals surface area contributed by atoms with Gasteiger partial charge in [-0.15, -0.1) is 11.8 Å². The van der Waals surface area contributed by atoms with Crippen LogP contribution in [0.15, 0.2) is 21.9 Å². The minimum absolute atomic E-state index is 0.284. The van der Waals surface area contributed by atoms with Crippen molar-refractivity contribution in [3.8, 4) is 0 Å². The molecule has 0 saturated carbocycles. The molecule has 5 nitrogen and oxygen atoms in total. The summed E-state index contributed by atoms with van der Waals surface area (Å²) >= 11 is 1.56. The number of thioether (sulfide) groups is 1. The topological polar surface area (TPSA) is 72.6 Å². The summed E-state index contributed by atoms with van der Waals surface area (Å²) in [6.07, 6.45) is 0.657. The molecule has 2 heterocycles. The first-order valence-corrected chi connectivity index (χ1v) is 6.26. The van der Waals surface area contributed by atoms with Gasteiger partial charge < -0.3 is 15.4 Å². The zero-order valence-electron chi connectivity index (χ0n) is 9.78. The lowest BCUT2D eigenvalue weighted by Crippen LogP contribution is -2.21. The van der Waals surface area contributed by atoms with Gasteiger partial charge in [0.25, 0.3) is 0 Å². The molecule has 2 aliphatic rings. The van der Waals surface area contributed by atoms with E-state index in [1.165, 1.54) is 7.11 Å². The molecule has 2 rings (SSSR count). The lowest BCUT2D eigenvalue weighted by Gasteiger charge is -2.16. The Bertz CT molecular complexity index is 454. The number of nitrogens with zero attached hydrogens (tertiary/aromatic N) is 1. The molecule has 0 aliphatic carbocycles. The molecule has 17 heavy (non-hydrogen) atoms. The van der Waals surface area contributed by atoms with Crippen LogP contribution < -0.4 is 5.73 Å². The molecule has 1 saturated heterocycles. The van der Waals surface area contributed by atoms with E-state index < -0.39 is 5.91 Å². The second kappa shape index (κ2) is 4.44. The molecular formula is C11H14N2O3S. The highest BCUT2D eigenvalue weighted by Gasteiger charge is 2.35. The Hall–Kier alpha value is -1.43. The van der Waals surface area contributed by atoms with E-state index in [9.17, 15) is 9.59 Å². The molecule has 0 bridgehead atoms. The van der Waals surface area contributed by atoms with Crippen molar-refractivity contribution in [2.45, 2.75) is 13.3 Å². The first-order chi connectivity index (χ1) is 8.06. The smallest absolute Gasteiger partial charge is 0.336 e. The van der Waals surface area contributed by atoms with Gasteiger partial charge in [-0.25, -0.2) is 4.79 Å². The van der Waals surface area contributed by atoms with Gasteiger partial charge in [0.2, 0.25) is 5.91 Å². The van der Waals surface area contributed by atoms with Crippen LogP contribution in [0.25, 0.3) is 0 Å². The van der Waals surface area contributed by atoms with Crippen molar-refractivity contribution in [3.05, 3.63) is 21.9 Å². The van der Waals surface area contributed by atoms with E-state index in [1.54, 1.807) is 18.7 Å². The molecule has 1 fully saturated rings. The quantitative estimate of drug-likeness (QED) is 0.576. The number of hydrogen-bond acceptors (Lipinski definition) is 5. The van der Waals surface area contributed by atoms with Crippen LogP contribution in [0, 0.1) is 0 Å². The lowest BCUT2D eigenvalue weighted by molar-refractivity contribution is -0.136. The highest BCUT2D eigenvalue weighted by atomic mass is 32.2. The van der Waals surface area contributed by atoms with Crippen LogP contribution in [0.2, 0.25) is 0 Å². The Morgan fingerprint density at radius 1 is 1.47 bits per heavy atom. The fraction of sp³-hybridized carbons (Fsp3) is 0.455. The molecule has 0 aromatic rings. The van der Waals surface area contributed by atoms with Gasteiger partial charge >= 0.3 is 5.97 Å². The summed E-state index contributed by atoms with van der Waals surface area (Å²) in [6.45, 7) is 2.43. The van der Waals surface area contributed by atoms with Crippen LogP contribution in [-0.2, 0) is 14.3 Å². The summed E-state index contributed by atoms with van der Waals surface area (Å²) in [5.41, 5.74) is 7.46. The maximum atomic E-state index is 11.5. The molecule has 6 heteroatoms. The lowest BCUT2D eigenvalue weighted by atomic mass is 10.2. The van der Waals surface area contributed by atoms with Gasteiger partial charge in [-0.05, 0) is 6.92 Å². The van der Waals surface area contributed by atoms with Gasteiger partial charge in [0.1, 0.15) is 0 Å². The first-order valence-electron chi connectivity index (χ1n) is 5.27. The third-order valence-electron chi connectivity index (χ3n) is 2.99. The zero-order valence-corrected chi connectivity index (χ0v) is 10.6. The number of esters is 1. The maximum absolute atomic E-state index is 11.5. The van der Waals surface area contributed by atoms with E-state index in [1.807, 2.05) is 4.90 Å². The number of ether oxygens (including phenoxy) is 1. The SMILES string of the molecule is COC(=O)C1=C2SCC(=C(C)C(N)=O)N2CC1. The van der Waals surface area contributed by atoms with E-state index >= 15 is 0 Å². The predicted octanol–water partition coefficient (Wildman–Crippen LogP) is 0.583. The number of methoxy groups -OCH3 is 1. The number of nitrogens with two attached hydrogens (primary N) is 1. The van der Waals surface area contributed by atoms with Crippen LogP contribution in [0.3, 0.4) is 0 Å². The van der Waals surface area contributed by atoms with Gasteiger partial charge in [0.15, 0.2) is 0 Å². The van der Waals surface area contributed by atoms with E-state index in [0.717, 1.165) is 10.7 Å². The standard InChI is InChI=1S/C11H14N2O3S/c1-6(9(12)14)8-5-17-10-7(11(15)16-2)3-4-13(8)10/h3-5H2,1-2H3,(H2,12,14). The average molecular weight is 254 g/mol. The van der Waals surface area contributed by atoms with E-state index in [2.05, 4.69) is 0 Å². The van der Waals surface area contributed by atoms with E-state index in [-0.39, 0.29) is 5.97 Å². The van der Waals surface area contributed by atoms with Gasteiger partial charge in [0, 0.05) is 30.0 Å². The molecule has 1 amide bonds. The predicted molar refractivity (Wildman–Crippen MR) is 64.7 cm³/mol. The van der Waals surface area contributed by atoms with E-state index in [0.29, 0.717) is 29.9 Å². The van der Waals surface area contributed by atoms with Gasteiger partial charge in [-0.3, -0.25) is 4.79 Å². The Kier molecular flexibility index (Phi) is 3.15. The van der Waals surface area contributed by atoms with Crippen LogP contribution in [0.5, 0.6) is 0 Å².